The standard InChI is InChI=1S/C8H12N2OS/c1-8(2,7(11)10-9)6-3-4-12-5-6/h3-5H,9H2,1-2H3,(H,10,11). The van der Waals surface area contributed by atoms with Crippen molar-refractivity contribution in [1.82, 2.24) is 5.43 Å². The van der Waals surface area contributed by atoms with Crippen LogP contribution in [-0.2, 0) is 10.2 Å². The zero-order valence-corrected chi connectivity index (χ0v) is 7.94. The molecular formula is C8H12N2OS. The van der Waals surface area contributed by atoms with Crippen molar-refractivity contribution in [2.75, 3.05) is 0 Å². The van der Waals surface area contributed by atoms with Gasteiger partial charge >= 0.3 is 0 Å². The molecule has 1 aromatic heterocycles. The molecule has 1 aromatic rings. The van der Waals surface area contributed by atoms with Crippen molar-refractivity contribution < 1.29 is 4.79 Å². The first-order chi connectivity index (χ1) is 5.59. The Balaban J connectivity index is 2.93. The number of rotatable bonds is 2. The summed E-state index contributed by atoms with van der Waals surface area (Å²) in [6.07, 6.45) is 0. The third-order valence-corrected chi connectivity index (χ3v) is 2.62. The number of nitrogens with two attached hydrogens (primary N) is 1. The Kier molecular flexibility index (Phi) is 2.49. The molecule has 0 radical (unpaired) electrons. The van der Waals surface area contributed by atoms with Gasteiger partial charge in [0.2, 0.25) is 5.91 Å². The molecule has 1 amide bonds. The van der Waals surface area contributed by atoms with Crippen LogP contribution in [0.5, 0.6) is 0 Å². The van der Waals surface area contributed by atoms with Crippen molar-refractivity contribution >= 4 is 17.2 Å². The van der Waals surface area contributed by atoms with Crippen molar-refractivity contribution in [1.29, 1.82) is 0 Å². The second-order valence-corrected chi connectivity index (χ2v) is 3.89. The Hall–Kier alpha value is -0.870. The van der Waals surface area contributed by atoms with E-state index in [0.29, 0.717) is 0 Å². The summed E-state index contributed by atoms with van der Waals surface area (Å²) in [5, 5.41) is 3.90. The molecule has 0 bridgehead atoms. The fraction of sp³-hybridized carbons (Fsp3) is 0.375. The Morgan fingerprint density at radius 3 is 2.75 bits per heavy atom. The first-order valence-electron chi connectivity index (χ1n) is 3.62. The molecule has 3 nitrogen and oxygen atoms in total. The summed E-state index contributed by atoms with van der Waals surface area (Å²) in [5.74, 6) is 4.90. The van der Waals surface area contributed by atoms with Gasteiger partial charge in [0.15, 0.2) is 0 Å². The highest BCUT2D eigenvalue weighted by atomic mass is 32.1. The van der Waals surface area contributed by atoms with Crippen molar-refractivity contribution in [3.63, 3.8) is 0 Å². The third-order valence-electron chi connectivity index (χ3n) is 1.94. The van der Waals surface area contributed by atoms with E-state index in [1.165, 1.54) is 0 Å². The van der Waals surface area contributed by atoms with Crippen molar-refractivity contribution in [3.05, 3.63) is 22.4 Å². The van der Waals surface area contributed by atoms with Crippen molar-refractivity contribution in [2.45, 2.75) is 19.3 Å². The van der Waals surface area contributed by atoms with E-state index in [0.717, 1.165) is 5.56 Å². The minimum absolute atomic E-state index is 0.166. The maximum atomic E-state index is 11.3. The van der Waals surface area contributed by atoms with Crippen LogP contribution in [0.3, 0.4) is 0 Å². The molecule has 0 aliphatic carbocycles. The summed E-state index contributed by atoms with van der Waals surface area (Å²) in [6.45, 7) is 3.69. The molecule has 0 saturated heterocycles. The zero-order valence-electron chi connectivity index (χ0n) is 7.13. The van der Waals surface area contributed by atoms with Gasteiger partial charge in [-0.2, -0.15) is 11.3 Å². The van der Waals surface area contributed by atoms with Crippen LogP contribution < -0.4 is 11.3 Å². The lowest BCUT2D eigenvalue weighted by molar-refractivity contribution is -0.125. The first kappa shape index (κ1) is 9.22. The number of hydrogen-bond acceptors (Lipinski definition) is 3. The minimum atomic E-state index is -0.533. The molecular weight excluding hydrogens is 172 g/mol. The average Bonchev–Trinajstić information content (AvgIpc) is 2.55. The number of hydrogen-bond donors (Lipinski definition) is 2. The van der Waals surface area contributed by atoms with Crippen LogP contribution in [-0.4, -0.2) is 5.91 Å². The van der Waals surface area contributed by atoms with Crippen LogP contribution in [0.2, 0.25) is 0 Å². The van der Waals surface area contributed by atoms with Gasteiger partial charge < -0.3 is 0 Å². The maximum absolute atomic E-state index is 11.3. The number of thiophene rings is 1. The van der Waals surface area contributed by atoms with E-state index in [4.69, 9.17) is 5.84 Å². The summed E-state index contributed by atoms with van der Waals surface area (Å²) < 4.78 is 0. The number of amides is 1. The topological polar surface area (TPSA) is 55.1 Å². The lowest BCUT2D eigenvalue weighted by Gasteiger charge is -2.20. The molecule has 1 heterocycles. The lowest BCUT2D eigenvalue weighted by Crippen LogP contribution is -2.43. The van der Waals surface area contributed by atoms with E-state index in [-0.39, 0.29) is 5.91 Å². The van der Waals surface area contributed by atoms with E-state index in [2.05, 4.69) is 5.43 Å². The second kappa shape index (κ2) is 3.25. The fourth-order valence-electron chi connectivity index (χ4n) is 0.932. The first-order valence-corrected chi connectivity index (χ1v) is 4.57. The summed E-state index contributed by atoms with van der Waals surface area (Å²) in [5.41, 5.74) is 2.62. The average molecular weight is 184 g/mol. The molecule has 3 N–H and O–H groups in total. The van der Waals surface area contributed by atoms with Gasteiger partial charge in [0.05, 0.1) is 5.41 Å². The number of nitrogens with one attached hydrogen (secondary N) is 1. The van der Waals surface area contributed by atoms with Gasteiger partial charge in [-0.1, -0.05) is 0 Å². The van der Waals surface area contributed by atoms with E-state index in [1.807, 2.05) is 30.7 Å². The van der Waals surface area contributed by atoms with E-state index >= 15 is 0 Å². The van der Waals surface area contributed by atoms with Crippen LogP contribution in [0.4, 0.5) is 0 Å². The summed E-state index contributed by atoms with van der Waals surface area (Å²) >= 11 is 1.57. The molecule has 4 heteroatoms. The number of carbonyl (C=O) groups is 1. The number of carbonyl (C=O) groups excluding carboxylic acids is 1. The molecule has 66 valence electrons. The van der Waals surface area contributed by atoms with Crippen LogP contribution in [0.25, 0.3) is 0 Å². The van der Waals surface area contributed by atoms with Gasteiger partial charge in [-0.3, -0.25) is 10.2 Å². The Morgan fingerprint density at radius 2 is 2.33 bits per heavy atom. The highest BCUT2D eigenvalue weighted by Gasteiger charge is 2.29. The van der Waals surface area contributed by atoms with Gasteiger partial charge in [-0.15, -0.1) is 0 Å². The quantitative estimate of drug-likeness (QED) is 0.409. The molecule has 0 atom stereocenters. The zero-order chi connectivity index (χ0) is 9.19. The number of hydrazine groups is 1. The predicted molar refractivity (Wildman–Crippen MR) is 49.7 cm³/mol. The highest BCUT2D eigenvalue weighted by molar-refractivity contribution is 7.08. The molecule has 0 aliphatic rings. The van der Waals surface area contributed by atoms with Gasteiger partial charge in [0.25, 0.3) is 0 Å². The Bertz CT molecular complexity index is 267. The Morgan fingerprint density at radius 1 is 1.67 bits per heavy atom. The molecule has 0 spiro atoms. The maximum Gasteiger partial charge on any atom is 0.243 e. The van der Waals surface area contributed by atoms with Crippen molar-refractivity contribution in [2.24, 2.45) is 5.84 Å². The molecule has 0 aliphatic heterocycles. The SMILES string of the molecule is CC(C)(C(=O)NN)c1ccsc1. The normalized spacial score (nSPS) is 11.2. The second-order valence-electron chi connectivity index (χ2n) is 3.11. The lowest BCUT2D eigenvalue weighted by atomic mass is 9.86. The summed E-state index contributed by atoms with van der Waals surface area (Å²) in [4.78, 5) is 11.3. The van der Waals surface area contributed by atoms with Crippen LogP contribution in [0.15, 0.2) is 16.8 Å². The van der Waals surface area contributed by atoms with Gasteiger partial charge in [0, 0.05) is 0 Å². The third kappa shape index (κ3) is 1.49. The molecule has 1 rings (SSSR count). The minimum Gasteiger partial charge on any atom is -0.294 e. The van der Waals surface area contributed by atoms with E-state index in [9.17, 15) is 4.79 Å². The van der Waals surface area contributed by atoms with E-state index < -0.39 is 5.41 Å². The molecule has 0 unspecified atom stereocenters. The van der Waals surface area contributed by atoms with E-state index in [1.54, 1.807) is 11.3 Å². The predicted octanol–water partition coefficient (Wildman–Crippen LogP) is 1.02. The van der Waals surface area contributed by atoms with Crippen molar-refractivity contribution in [3.8, 4) is 0 Å². The fourth-order valence-corrected chi connectivity index (χ4v) is 1.76. The molecule has 0 saturated carbocycles. The monoisotopic (exact) mass is 184 g/mol. The van der Waals surface area contributed by atoms with Crippen LogP contribution in [0.1, 0.15) is 19.4 Å². The molecule has 12 heavy (non-hydrogen) atoms. The smallest absolute Gasteiger partial charge is 0.243 e. The summed E-state index contributed by atoms with van der Waals surface area (Å²) in [6, 6.07) is 1.93. The van der Waals surface area contributed by atoms with Gasteiger partial charge in [-0.25, -0.2) is 5.84 Å². The highest BCUT2D eigenvalue weighted by Crippen LogP contribution is 2.24. The summed E-state index contributed by atoms with van der Waals surface area (Å²) in [7, 11) is 0. The van der Waals surface area contributed by atoms with Gasteiger partial charge in [0.1, 0.15) is 0 Å². The van der Waals surface area contributed by atoms with Gasteiger partial charge in [-0.05, 0) is 36.2 Å². The molecule has 0 aromatic carbocycles. The van der Waals surface area contributed by atoms with Crippen LogP contribution >= 0.6 is 11.3 Å². The molecule has 0 fully saturated rings. The Labute approximate surface area is 75.6 Å². The largest absolute Gasteiger partial charge is 0.294 e. The van der Waals surface area contributed by atoms with Crippen LogP contribution in [0, 0.1) is 0 Å².